The number of hydrogen-bond acceptors (Lipinski definition) is 4. The molecule has 1 aromatic carbocycles. The molecule has 0 saturated heterocycles. The highest BCUT2D eigenvalue weighted by atomic mass is 16.5. The van der Waals surface area contributed by atoms with E-state index in [0.717, 1.165) is 28.8 Å². The van der Waals surface area contributed by atoms with Crippen LogP contribution in [0.1, 0.15) is 16.2 Å². The third-order valence-electron chi connectivity index (χ3n) is 3.56. The lowest BCUT2D eigenvalue weighted by Crippen LogP contribution is -2.04. The predicted molar refractivity (Wildman–Crippen MR) is 82.0 cm³/mol. The minimum atomic E-state index is -0.392. The Labute approximate surface area is 127 Å². The van der Waals surface area contributed by atoms with Crippen molar-refractivity contribution in [3.05, 3.63) is 48.2 Å². The van der Waals surface area contributed by atoms with Gasteiger partial charge in [0, 0.05) is 36.3 Å². The Kier molecular flexibility index (Phi) is 3.82. The summed E-state index contributed by atoms with van der Waals surface area (Å²) >= 11 is 0. The minimum Gasteiger partial charge on any atom is -0.492 e. The van der Waals surface area contributed by atoms with Crippen LogP contribution in [0.4, 0.5) is 0 Å². The number of esters is 1. The van der Waals surface area contributed by atoms with E-state index in [9.17, 15) is 4.79 Å². The van der Waals surface area contributed by atoms with Crippen molar-refractivity contribution in [2.24, 2.45) is 7.05 Å². The second kappa shape index (κ2) is 5.93. The highest BCUT2D eigenvalue weighted by molar-refractivity contribution is 5.97. The summed E-state index contributed by atoms with van der Waals surface area (Å²) in [5.41, 5.74) is 2.37. The van der Waals surface area contributed by atoms with E-state index >= 15 is 0 Å². The van der Waals surface area contributed by atoms with Crippen LogP contribution < -0.4 is 4.74 Å². The van der Waals surface area contributed by atoms with Crippen LogP contribution in [0, 0.1) is 0 Å². The lowest BCUT2D eigenvalue weighted by Gasteiger charge is -2.07. The van der Waals surface area contributed by atoms with E-state index in [1.807, 2.05) is 36.0 Å². The standard InChI is InChI=1S/C16H17N3O3/c1-19-10-17-9-11(19)6-7-22-15-5-3-4-13-12(15)8-14(18-13)16(20)21-2/h3-5,8-10,18H,6-7H2,1-2H3. The highest BCUT2D eigenvalue weighted by Crippen LogP contribution is 2.26. The molecule has 0 aliphatic heterocycles. The molecule has 0 fully saturated rings. The number of aryl methyl sites for hydroxylation is 1. The number of imidazole rings is 1. The average Bonchev–Trinajstić information content (AvgIpc) is 3.13. The molecule has 6 nitrogen and oxygen atoms in total. The highest BCUT2D eigenvalue weighted by Gasteiger charge is 2.12. The Balaban J connectivity index is 1.77. The van der Waals surface area contributed by atoms with Crippen LogP contribution in [0.5, 0.6) is 5.75 Å². The smallest absolute Gasteiger partial charge is 0.354 e. The fraction of sp³-hybridized carbons (Fsp3) is 0.250. The molecule has 0 atom stereocenters. The fourth-order valence-electron chi connectivity index (χ4n) is 2.36. The Hall–Kier alpha value is -2.76. The number of H-pyrrole nitrogens is 1. The zero-order valence-corrected chi connectivity index (χ0v) is 12.5. The first-order valence-corrected chi connectivity index (χ1v) is 6.97. The molecule has 22 heavy (non-hydrogen) atoms. The summed E-state index contributed by atoms with van der Waals surface area (Å²) in [5, 5.41) is 0.868. The van der Waals surface area contributed by atoms with Gasteiger partial charge in [-0.1, -0.05) is 6.07 Å². The van der Waals surface area contributed by atoms with Gasteiger partial charge in [0.15, 0.2) is 0 Å². The first-order chi connectivity index (χ1) is 10.7. The topological polar surface area (TPSA) is 69.1 Å². The van der Waals surface area contributed by atoms with Crippen LogP contribution in [0.25, 0.3) is 10.9 Å². The van der Waals surface area contributed by atoms with Crippen molar-refractivity contribution in [2.75, 3.05) is 13.7 Å². The number of aromatic nitrogens is 3. The molecule has 0 bridgehead atoms. The number of hydrogen-bond donors (Lipinski definition) is 1. The number of nitrogens with zero attached hydrogens (tertiary/aromatic N) is 2. The third-order valence-corrected chi connectivity index (χ3v) is 3.56. The van der Waals surface area contributed by atoms with Crippen molar-refractivity contribution in [2.45, 2.75) is 6.42 Å². The van der Waals surface area contributed by atoms with Crippen molar-refractivity contribution in [3.8, 4) is 5.75 Å². The van der Waals surface area contributed by atoms with Crippen LogP contribution in [0.15, 0.2) is 36.8 Å². The number of fused-ring (bicyclic) bond motifs is 1. The van der Waals surface area contributed by atoms with E-state index in [-0.39, 0.29) is 0 Å². The zero-order chi connectivity index (χ0) is 15.5. The van der Waals surface area contributed by atoms with Gasteiger partial charge in [0.2, 0.25) is 0 Å². The summed E-state index contributed by atoms with van der Waals surface area (Å²) in [7, 11) is 3.32. The number of methoxy groups -OCH3 is 1. The molecular weight excluding hydrogens is 282 g/mol. The number of benzene rings is 1. The summed E-state index contributed by atoms with van der Waals surface area (Å²) < 4.78 is 12.6. The lowest BCUT2D eigenvalue weighted by atomic mass is 10.2. The number of ether oxygens (including phenoxy) is 2. The lowest BCUT2D eigenvalue weighted by molar-refractivity contribution is 0.0595. The van der Waals surface area contributed by atoms with E-state index in [0.29, 0.717) is 12.3 Å². The van der Waals surface area contributed by atoms with Gasteiger partial charge >= 0.3 is 5.97 Å². The summed E-state index contributed by atoms with van der Waals surface area (Å²) in [5.74, 6) is 0.350. The van der Waals surface area contributed by atoms with Crippen molar-refractivity contribution < 1.29 is 14.3 Å². The second-order valence-corrected chi connectivity index (χ2v) is 4.99. The number of carbonyl (C=O) groups is 1. The van der Waals surface area contributed by atoms with Gasteiger partial charge in [-0.05, 0) is 18.2 Å². The number of carbonyl (C=O) groups excluding carboxylic acids is 1. The SMILES string of the molecule is COC(=O)c1cc2c(OCCc3cncn3C)cccc2[nH]1. The van der Waals surface area contributed by atoms with Crippen LogP contribution >= 0.6 is 0 Å². The van der Waals surface area contributed by atoms with Crippen LogP contribution in [-0.4, -0.2) is 34.2 Å². The van der Waals surface area contributed by atoms with E-state index in [2.05, 4.69) is 9.97 Å². The molecule has 3 rings (SSSR count). The maximum absolute atomic E-state index is 11.6. The van der Waals surface area contributed by atoms with Crippen LogP contribution in [-0.2, 0) is 18.2 Å². The molecule has 0 aliphatic rings. The molecule has 3 aromatic rings. The van der Waals surface area contributed by atoms with E-state index in [1.54, 1.807) is 12.4 Å². The first-order valence-electron chi connectivity index (χ1n) is 6.97. The molecule has 114 valence electrons. The molecule has 0 saturated carbocycles. The van der Waals surface area contributed by atoms with Crippen molar-refractivity contribution in [1.82, 2.24) is 14.5 Å². The summed E-state index contributed by atoms with van der Waals surface area (Å²) in [6, 6.07) is 7.43. The number of aromatic amines is 1. The summed E-state index contributed by atoms with van der Waals surface area (Å²) in [4.78, 5) is 18.7. The second-order valence-electron chi connectivity index (χ2n) is 4.99. The van der Waals surface area contributed by atoms with Gasteiger partial charge in [0.05, 0.1) is 20.0 Å². The fourth-order valence-corrected chi connectivity index (χ4v) is 2.36. The largest absolute Gasteiger partial charge is 0.492 e. The Morgan fingerprint density at radius 2 is 2.27 bits per heavy atom. The molecule has 0 unspecified atom stereocenters. The summed E-state index contributed by atoms with van der Waals surface area (Å²) in [6.45, 7) is 0.539. The van der Waals surface area contributed by atoms with Crippen molar-refractivity contribution in [1.29, 1.82) is 0 Å². The molecule has 0 spiro atoms. The number of rotatable bonds is 5. The van der Waals surface area contributed by atoms with Gasteiger partial charge in [0.25, 0.3) is 0 Å². The predicted octanol–water partition coefficient (Wildman–Crippen LogP) is 2.31. The van der Waals surface area contributed by atoms with Gasteiger partial charge in [-0.15, -0.1) is 0 Å². The molecule has 2 heterocycles. The van der Waals surface area contributed by atoms with Gasteiger partial charge in [-0.2, -0.15) is 0 Å². The maximum Gasteiger partial charge on any atom is 0.354 e. The van der Waals surface area contributed by atoms with Crippen LogP contribution in [0.3, 0.4) is 0 Å². The average molecular weight is 299 g/mol. The minimum absolute atomic E-state index is 0.392. The molecule has 1 N–H and O–H groups in total. The number of nitrogens with one attached hydrogen (secondary N) is 1. The van der Waals surface area contributed by atoms with Crippen LogP contribution in [0.2, 0.25) is 0 Å². The van der Waals surface area contributed by atoms with Gasteiger partial charge < -0.3 is 19.0 Å². The Morgan fingerprint density at radius 1 is 1.41 bits per heavy atom. The van der Waals surface area contributed by atoms with E-state index in [1.165, 1.54) is 7.11 Å². The Morgan fingerprint density at radius 3 is 3.00 bits per heavy atom. The molecule has 2 aromatic heterocycles. The molecule has 0 aliphatic carbocycles. The van der Waals surface area contributed by atoms with Crippen molar-refractivity contribution in [3.63, 3.8) is 0 Å². The maximum atomic E-state index is 11.6. The van der Waals surface area contributed by atoms with Gasteiger partial charge in [-0.25, -0.2) is 9.78 Å². The Bertz CT molecular complexity index is 804. The first kappa shape index (κ1) is 14.2. The monoisotopic (exact) mass is 299 g/mol. The molecule has 6 heteroatoms. The quantitative estimate of drug-likeness (QED) is 0.734. The van der Waals surface area contributed by atoms with Gasteiger partial charge in [0.1, 0.15) is 11.4 Å². The van der Waals surface area contributed by atoms with E-state index in [4.69, 9.17) is 9.47 Å². The normalized spacial score (nSPS) is 10.8. The third kappa shape index (κ3) is 2.67. The molecule has 0 radical (unpaired) electrons. The van der Waals surface area contributed by atoms with Crippen molar-refractivity contribution >= 4 is 16.9 Å². The summed E-state index contributed by atoms with van der Waals surface area (Å²) in [6.07, 6.45) is 4.36. The van der Waals surface area contributed by atoms with Gasteiger partial charge in [-0.3, -0.25) is 0 Å². The van der Waals surface area contributed by atoms with E-state index < -0.39 is 5.97 Å². The molecular formula is C16H17N3O3. The molecule has 0 amide bonds. The zero-order valence-electron chi connectivity index (χ0n) is 12.5.